The Morgan fingerprint density at radius 1 is 1.12 bits per heavy atom. The maximum absolute atomic E-state index is 13.3. The molecule has 0 N–H and O–H groups in total. The zero-order valence-electron chi connectivity index (χ0n) is 19.0. The van der Waals surface area contributed by atoms with Crippen LogP contribution in [0, 0.1) is 0 Å². The van der Waals surface area contributed by atoms with Crippen LogP contribution in [0.3, 0.4) is 0 Å². The number of aromatic nitrogens is 1. The number of nitrogens with zero attached hydrogens (tertiary/aromatic N) is 2. The van der Waals surface area contributed by atoms with Crippen LogP contribution >= 0.6 is 22.9 Å². The molecule has 1 aliphatic rings. The molecule has 0 radical (unpaired) electrons. The summed E-state index contributed by atoms with van der Waals surface area (Å²) in [5.74, 6) is 0.342. The van der Waals surface area contributed by atoms with Gasteiger partial charge in [0.2, 0.25) is 0 Å². The van der Waals surface area contributed by atoms with E-state index in [1.807, 2.05) is 0 Å². The highest BCUT2D eigenvalue weighted by atomic mass is 35.5. The van der Waals surface area contributed by atoms with Gasteiger partial charge in [0.15, 0.2) is 15.0 Å². The van der Waals surface area contributed by atoms with Crippen LogP contribution < -0.4 is 9.64 Å². The second kappa shape index (κ2) is 10.5. The highest BCUT2D eigenvalue weighted by Crippen LogP contribution is 2.34. The van der Waals surface area contributed by atoms with E-state index in [-0.39, 0.29) is 4.90 Å². The quantitative estimate of drug-likeness (QED) is 0.388. The second-order valence-corrected chi connectivity index (χ2v) is 11.9. The van der Waals surface area contributed by atoms with E-state index in [1.165, 1.54) is 24.3 Å². The zero-order chi connectivity index (χ0) is 23.4. The fourth-order valence-corrected chi connectivity index (χ4v) is 7.28. The summed E-state index contributed by atoms with van der Waals surface area (Å²) in [5.41, 5.74) is 3.68. The minimum atomic E-state index is -3.53. The highest BCUT2D eigenvalue weighted by Gasteiger charge is 2.34. The Morgan fingerprint density at radius 2 is 1.82 bits per heavy atom. The lowest BCUT2D eigenvalue weighted by Crippen LogP contribution is -2.39. The predicted molar refractivity (Wildman–Crippen MR) is 136 cm³/mol. The molecule has 4 rings (SSSR count). The molecule has 1 saturated heterocycles. The van der Waals surface area contributed by atoms with Gasteiger partial charge in [-0.2, -0.15) is 0 Å². The van der Waals surface area contributed by atoms with E-state index >= 15 is 0 Å². The summed E-state index contributed by atoms with van der Waals surface area (Å²) in [6.45, 7) is 3.51. The molecule has 0 amide bonds. The molecule has 33 heavy (non-hydrogen) atoms. The number of piperidine rings is 1. The molecule has 2 heterocycles. The second-order valence-electron chi connectivity index (χ2n) is 8.39. The minimum absolute atomic E-state index is 0.178. The lowest BCUT2D eigenvalue weighted by atomic mass is 10.1. The Balaban J connectivity index is 1.39. The number of benzene rings is 2. The number of thiazole rings is 1. The number of rotatable bonds is 8. The van der Waals surface area contributed by atoms with Gasteiger partial charge in [0.25, 0.3) is 0 Å². The van der Waals surface area contributed by atoms with Crippen molar-refractivity contribution in [2.24, 2.45) is 0 Å². The monoisotopic (exact) mass is 504 g/mol. The van der Waals surface area contributed by atoms with Crippen molar-refractivity contribution in [2.45, 2.75) is 49.2 Å². The Labute approximate surface area is 205 Å². The van der Waals surface area contributed by atoms with Gasteiger partial charge in [0.1, 0.15) is 10.6 Å². The van der Waals surface area contributed by atoms with E-state index in [0.29, 0.717) is 36.7 Å². The zero-order valence-corrected chi connectivity index (χ0v) is 21.3. The van der Waals surface area contributed by atoms with E-state index in [0.717, 1.165) is 30.1 Å². The molecule has 0 bridgehead atoms. The van der Waals surface area contributed by atoms with Crippen molar-refractivity contribution in [3.63, 3.8) is 0 Å². The molecule has 0 atom stereocenters. The van der Waals surface area contributed by atoms with Gasteiger partial charge in [-0.15, -0.1) is 11.3 Å². The van der Waals surface area contributed by atoms with Crippen molar-refractivity contribution in [3.8, 4) is 5.75 Å². The van der Waals surface area contributed by atoms with Crippen LogP contribution in [0.15, 0.2) is 52.7 Å². The third-order valence-electron chi connectivity index (χ3n) is 6.07. The Kier molecular flexibility index (Phi) is 7.62. The number of anilines is 1. The first-order valence-electron chi connectivity index (χ1n) is 11.2. The molecule has 8 heteroatoms. The number of hydrogen-bond acceptors (Lipinski definition) is 6. The molecule has 0 saturated carbocycles. The van der Waals surface area contributed by atoms with Gasteiger partial charge in [0, 0.05) is 29.9 Å². The summed E-state index contributed by atoms with van der Waals surface area (Å²) >= 11 is 7.70. The minimum Gasteiger partial charge on any atom is -0.495 e. The smallest absolute Gasteiger partial charge is 0.185 e. The number of halogens is 1. The molecular weight excluding hydrogens is 476 g/mol. The summed E-state index contributed by atoms with van der Waals surface area (Å²) in [4.78, 5) is 7.20. The van der Waals surface area contributed by atoms with Gasteiger partial charge in [0.05, 0.1) is 18.1 Å². The molecule has 3 aromatic rings. The number of ether oxygens (including phenoxy) is 1. The summed E-state index contributed by atoms with van der Waals surface area (Å²) in [5, 5.41) is 3.00. The van der Waals surface area contributed by atoms with Crippen LogP contribution in [0.25, 0.3) is 0 Å². The third kappa shape index (κ3) is 5.53. The Bertz CT molecular complexity index is 1180. The summed E-state index contributed by atoms with van der Waals surface area (Å²) < 4.78 is 31.8. The van der Waals surface area contributed by atoms with Crippen LogP contribution in [0.2, 0.25) is 5.02 Å². The highest BCUT2D eigenvalue weighted by molar-refractivity contribution is 7.92. The fraction of sp³-hybridized carbons (Fsp3) is 0.400. The summed E-state index contributed by atoms with van der Waals surface area (Å²) in [6, 6.07) is 13.5. The molecule has 1 aliphatic heterocycles. The summed E-state index contributed by atoms with van der Waals surface area (Å²) in [6.07, 6.45) is 4.16. The van der Waals surface area contributed by atoms with E-state index in [4.69, 9.17) is 21.3 Å². The SMILES string of the molecule is CCCc1ccc(Cc2csc(N3CCC(S(=O)(=O)c4cc(Cl)ccc4OC)CC3)n2)cc1. The van der Waals surface area contributed by atoms with Gasteiger partial charge >= 0.3 is 0 Å². The number of hydrogen-bond donors (Lipinski definition) is 0. The van der Waals surface area contributed by atoms with E-state index < -0.39 is 15.1 Å². The fourth-order valence-electron chi connectivity index (χ4n) is 4.25. The molecule has 2 aromatic carbocycles. The lowest BCUT2D eigenvalue weighted by Gasteiger charge is -2.31. The molecule has 5 nitrogen and oxygen atoms in total. The Hall–Kier alpha value is -2.09. The molecule has 1 aromatic heterocycles. The van der Waals surface area contributed by atoms with Crippen LogP contribution in [0.1, 0.15) is 43.0 Å². The molecule has 176 valence electrons. The molecule has 0 aliphatic carbocycles. The van der Waals surface area contributed by atoms with Crippen molar-refractivity contribution in [1.82, 2.24) is 4.98 Å². The average Bonchev–Trinajstić information content (AvgIpc) is 3.29. The first-order valence-corrected chi connectivity index (χ1v) is 14.1. The van der Waals surface area contributed by atoms with Gasteiger partial charge in [-0.1, -0.05) is 49.2 Å². The number of methoxy groups -OCH3 is 1. The largest absolute Gasteiger partial charge is 0.495 e. The molecule has 0 unspecified atom stereocenters. The first-order chi connectivity index (χ1) is 15.9. The van der Waals surface area contributed by atoms with Crippen LogP contribution in [-0.4, -0.2) is 38.9 Å². The average molecular weight is 505 g/mol. The van der Waals surface area contributed by atoms with E-state index in [2.05, 4.69) is 41.5 Å². The van der Waals surface area contributed by atoms with Crippen LogP contribution in [0.5, 0.6) is 5.75 Å². The Morgan fingerprint density at radius 3 is 2.48 bits per heavy atom. The normalized spacial score (nSPS) is 15.1. The van der Waals surface area contributed by atoms with Crippen molar-refractivity contribution in [2.75, 3.05) is 25.1 Å². The maximum Gasteiger partial charge on any atom is 0.185 e. The molecular formula is C25H29ClN2O3S2. The van der Waals surface area contributed by atoms with Crippen molar-refractivity contribution in [1.29, 1.82) is 0 Å². The van der Waals surface area contributed by atoms with Crippen LogP contribution in [-0.2, 0) is 22.7 Å². The third-order valence-corrected chi connectivity index (χ3v) is 9.54. The van der Waals surface area contributed by atoms with Gasteiger partial charge in [-0.3, -0.25) is 0 Å². The van der Waals surface area contributed by atoms with Crippen molar-refractivity contribution < 1.29 is 13.2 Å². The number of sulfone groups is 1. The van der Waals surface area contributed by atoms with Gasteiger partial charge < -0.3 is 9.64 Å². The first kappa shape index (κ1) is 24.0. The van der Waals surface area contributed by atoms with Gasteiger partial charge in [-0.25, -0.2) is 13.4 Å². The standard InChI is InChI=1S/C25H29ClN2O3S2/c1-3-4-18-5-7-19(8-6-18)15-21-17-32-25(27-21)28-13-11-22(12-14-28)33(29,30)24-16-20(26)9-10-23(24)31-2/h5-10,16-17,22H,3-4,11-15H2,1-2H3. The van der Waals surface area contributed by atoms with Gasteiger partial charge in [-0.05, 0) is 48.6 Å². The van der Waals surface area contributed by atoms with Crippen molar-refractivity contribution >= 4 is 37.9 Å². The summed E-state index contributed by atoms with van der Waals surface area (Å²) in [7, 11) is -2.05. The van der Waals surface area contributed by atoms with Crippen molar-refractivity contribution in [3.05, 3.63) is 69.7 Å². The maximum atomic E-state index is 13.3. The van der Waals surface area contributed by atoms with Crippen LogP contribution in [0.4, 0.5) is 5.13 Å². The lowest BCUT2D eigenvalue weighted by molar-refractivity contribution is 0.402. The predicted octanol–water partition coefficient (Wildman–Crippen LogP) is 5.79. The molecule has 0 spiro atoms. The van der Waals surface area contributed by atoms with E-state index in [1.54, 1.807) is 23.5 Å². The topological polar surface area (TPSA) is 59.5 Å². The van der Waals surface area contributed by atoms with E-state index in [9.17, 15) is 8.42 Å². The number of aryl methyl sites for hydroxylation is 1. The molecule has 1 fully saturated rings.